The highest BCUT2D eigenvalue weighted by Crippen LogP contribution is 2.30. The SMILES string of the molecule is CCn1c(C(C)NS(=O)(=O)c2ccc(Cl)c(Cl)c2)cnc1Oc1cccc(N2CCCCC2)c1. The summed E-state index contributed by atoms with van der Waals surface area (Å²) in [5.74, 6) is 0.693. The lowest BCUT2D eigenvalue weighted by Crippen LogP contribution is -2.29. The molecule has 1 unspecified atom stereocenters. The molecule has 0 spiro atoms. The van der Waals surface area contributed by atoms with E-state index >= 15 is 0 Å². The molecule has 1 atom stereocenters. The molecule has 10 heteroatoms. The molecule has 0 radical (unpaired) electrons. The third kappa shape index (κ3) is 5.51. The van der Waals surface area contributed by atoms with Crippen molar-refractivity contribution in [1.82, 2.24) is 14.3 Å². The molecule has 2 aromatic carbocycles. The zero-order valence-electron chi connectivity index (χ0n) is 19.2. The maximum Gasteiger partial charge on any atom is 0.302 e. The average Bonchev–Trinajstić information content (AvgIpc) is 3.24. The van der Waals surface area contributed by atoms with Gasteiger partial charge in [0.2, 0.25) is 10.0 Å². The summed E-state index contributed by atoms with van der Waals surface area (Å²) in [6, 6.07) is 12.1. The molecular weight excluding hydrogens is 495 g/mol. The van der Waals surface area contributed by atoms with Crippen molar-refractivity contribution >= 4 is 38.9 Å². The van der Waals surface area contributed by atoms with E-state index in [-0.39, 0.29) is 9.92 Å². The van der Waals surface area contributed by atoms with E-state index in [1.54, 1.807) is 13.1 Å². The normalized spacial score (nSPS) is 15.4. The van der Waals surface area contributed by atoms with Crippen molar-refractivity contribution in [3.05, 3.63) is 64.4 Å². The van der Waals surface area contributed by atoms with Gasteiger partial charge in [-0.1, -0.05) is 29.3 Å². The number of ether oxygens (including phenoxy) is 1. The predicted octanol–water partition coefficient (Wildman–Crippen LogP) is 6.03. The summed E-state index contributed by atoms with van der Waals surface area (Å²) in [5, 5.41) is 0.474. The molecule has 1 fully saturated rings. The van der Waals surface area contributed by atoms with Crippen LogP contribution in [0.5, 0.6) is 11.8 Å². The Bertz CT molecular complexity index is 1260. The Labute approximate surface area is 210 Å². The number of halogens is 2. The van der Waals surface area contributed by atoms with Gasteiger partial charge in [-0.25, -0.2) is 18.1 Å². The molecule has 2 heterocycles. The van der Waals surface area contributed by atoms with Crippen LogP contribution in [0, 0.1) is 0 Å². The van der Waals surface area contributed by atoms with Crippen molar-refractivity contribution in [2.45, 2.75) is 50.6 Å². The Hall–Kier alpha value is -2.26. The standard InChI is InChI=1S/C24H28Cl2N4O3S/c1-3-30-23(17(2)28-34(31,32)20-10-11-21(25)22(26)15-20)16-27-24(30)33-19-9-7-8-18(14-19)29-12-5-4-6-13-29/h7-11,14-17,28H,3-6,12-13H2,1-2H3. The molecule has 0 bridgehead atoms. The Kier molecular flexibility index (Phi) is 7.72. The number of sulfonamides is 1. The average molecular weight is 523 g/mol. The lowest BCUT2D eigenvalue weighted by Gasteiger charge is -2.29. The summed E-state index contributed by atoms with van der Waals surface area (Å²) in [6.07, 6.45) is 5.31. The first-order valence-electron chi connectivity index (χ1n) is 11.3. The fourth-order valence-electron chi connectivity index (χ4n) is 4.12. The highest BCUT2D eigenvalue weighted by Gasteiger charge is 2.23. The second-order valence-electron chi connectivity index (χ2n) is 8.28. The summed E-state index contributed by atoms with van der Waals surface area (Å²) in [5.41, 5.74) is 1.82. The van der Waals surface area contributed by atoms with E-state index in [0.29, 0.717) is 29.0 Å². The van der Waals surface area contributed by atoms with Crippen LogP contribution in [0.4, 0.5) is 5.69 Å². The van der Waals surface area contributed by atoms with Crippen molar-refractivity contribution in [3.63, 3.8) is 0 Å². The zero-order chi connectivity index (χ0) is 24.3. The molecule has 182 valence electrons. The molecule has 1 N–H and O–H groups in total. The highest BCUT2D eigenvalue weighted by atomic mass is 35.5. The van der Waals surface area contributed by atoms with Crippen molar-refractivity contribution in [2.75, 3.05) is 18.0 Å². The summed E-state index contributed by atoms with van der Waals surface area (Å²) >= 11 is 11.9. The molecule has 1 aliphatic heterocycles. The van der Waals surface area contributed by atoms with Crippen molar-refractivity contribution < 1.29 is 13.2 Å². The van der Waals surface area contributed by atoms with Gasteiger partial charge >= 0.3 is 6.01 Å². The number of nitrogens with zero attached hydrogens (tertiary/aromatic N) is 3. The fraction of sp³-hybridized carbons (Fsp3) is 0.375. The van der Waals surface area contributed by atoms with Crippen LogP contribution in [0.2, 0.25) is 10.0 Å². The number of nitrogens with one attached hydrogen (secondary N) is 1. The molecular formula is C24H28Cl2N4O3S. The second-order valence-corrected chi connectivity index (χ2v) is 10.8. The van der Waals surface area contributed by atoms with Gasteiger partial charge in [-0.15, -0.1) is 0 Å². The third-order valence-corrected chi connectivity index (χ3v) is 8.17. The molecule has 1 aromatic heterocycles. The summed E-state index contributed by atoms with van der Waals surface area (Å²) in [6.45, 7) is 6.39. The molecule has 4 rings (SSSR count). The van der Waals surface area contributed by atoms with Crippen molar-refractivity contribution in [3.8, 4) is 11.8 Å². The van der Waals surface area contributed by atoms with Crippen LogP contribution in [0.3, 0.4) is 0 Å². The Morgan fingerprint density at radius 2 is 1.85 bits per heavy atom. The second kappa shape index (κ2) is 10.6. The maximum absolute atomic E-state index is 12.9. The number of hydrogen-bond acceptors (Lipinski definition) is 5. The monoisotopic (exact) mass is 522 g/mol. The summed E-state index contributed by atoms with van der Waals surface area (Å²) in [7, 11) is -3.82. The number of anilines is 1. The minimum atomic E-state index is -3.82. The van der Waals surface area contributed by atoms with Crippen LogP contribution in [0.25, 0.3) is 0 Å². The van der Waals surface area contributed by atoms with Crippen LogP contribution in [0.1, 0.15) is 44.8 Å². The predicted molar refractivity (Wildman–Crippen MR) is 136 cm³/mol. The topological polar surface area (TPSA) is 76.5 Å². The minimum absolute atomic E-state index is 0.0438. The first-order chi connectivity index (χ1) is 16.3. The molecule has 1 aliphatic rings. The number of benzene rings is 2. The van der Waals surface area contributed by atoms with Crippen LogP contribution in [-0.2, 0) is 16.6 Å². The van der Waals surface area contributed by atoms with Gasteiger partial charge in [0.1, 0.15) is 5.75 Å². The zero-order valence-corrected chi connectivity index (χ0v) is 21.5. The Morgan fingerprint density at radius 1 is 1.09 bits per heavy atom. The number of rotatable bonds is 8. The van der Waals surface area contributed by atoms with Crippen molar-refractivity contribution in [1.29, 1.82) is 0 Å². The van der Waals surface area contributed by atoms with E-state index in [1.165, 1.54) is 37.5 Å². The summed E-state index contributed by atoms with van der Waals surface area (Å²) in [4.78, 5) is 6.84. The van der Waals surface area contributed by atoms with Gasteiger partial charge < -0.3 is 9.64 Å². The van der Waals surface area contributed by atoms with Gasteiger partial charge in [0.25, 0.3) is 0 Å². The van der Waals surface area contributed by atoms with E-state index in [2.05, 4.69) is 20.7 Å². The van der Waals surface area contributed by atoms with Crippen LogP contribution < -0.4 is 14.4 Å². The van der Waals surface area contributed by atoms with Crippen LogP contribution in [-0.4, -0.2) is 31.1 Å². The summed E-state index contributed by atoms with van der Waals surface area (Å²) < 4.78 is 36.4. The van der Waals surface area contributed by atoms with Gasteiger partial charge in [-0.05, 0) is 63.4 Å². The highest BCUT2D eigenvalue weighted by molar-refractivity contribution is 7.89. The smallest absolute Gasteiger partial charge is 0.302 e. The van der Waals surface area contributed by atoms with E-state index in [9.17, 15) is 8.42 Å². The molecule has 0 amide bonds. The van der Waals surface area contributed by atoms with E-state index < -0.39 is 16.1 Å². The first kappa shape index (κ1) is 24.9. The van der Waals surface area contributed by atoms with Gasteiger partial charge in [0, 0.05) is 31.4 Å². The lowest BCUT2D eigenvalue weighted by atomic mass is 10.1. The van der Waals surface area contributed by atoms with E-state index in [1.807, 2.05) is 29.7 Å². The van der Waals surface area contributed by atoms with Gasteiger partial charge in [-0.3, -0.25) is 4.57 Å². The van der Waals surface area contributed by atoms with Gasteiger partial charge in [0.15, 0.2) is 0 Å². The Morgan fingerprint density at radius 3 is 2.56 bits per heavy atom. The largest absolute Gasteiger partial charge is 0.425 e. The lowest BCUT2D eigenvalue weighted by molar-refractivity contribution is 0.408. The van der Waals surface area contributed by atoms with Crippen molar-refractivity contribution in [2.24, 2.45) is 0 Å². The fourth-order valence-corrected chi connectivity index (χ4v) is 5.73. The molecule has 0 aliphatic carbocycles. The first-order valence-corrected chi connectivity index (χ1v) is 13.6. The molecule has 34 heavy (non-hydrogen) atoms. The number of piperidine rings is 1. The number of aromatic nitrogens is 2. The maximum atomic E-state index is 12.9. The van der Waals surface area contributed by atoms with Crippen LogP contribution in [0.15, 0.2) is 53.6 Å². The number of imidazole rings is 1. The third-order valence-electron chi connectivity index (χ3n) is 5.89. The molecule has 3 aromatic rings. The van der Waals surface area contributed by atoms with Gasteiger partial charge in [-0.2, -0.15) is 0 Å². The van der Waals surface area contributed by atoms with Gasteiger partial charge in [0.05, 0.1) is 32.9 Å². The van der Waals surface area contributed by atoms with Crippen LogP contribution >= 0.6 is 23.2 Å². The Balaban J connectivity index is 1.52. The molecule has 7 nitrogen and oxygen atoms in total. The minimum Gasteiger partial charge on any atom is -0.425 e. The number of hydrogen-bond donors (Lipinski definition) is 1. The molecule has 1 saturated heterocycles. The molecule has 0 saturated carbocycles. The van der Waals surface area contributed by atoms with E-state index in [4.69, 9.17) is 27.9 Å². The quantitative estimate of drug-likeness (QED) is 0.390. The van der Waals surface area contributed by atoms with E-state index in [0.717, 1.165) is 18.8 Å².